The van der Waals surface area contributed by atoms with Crippen LogP contribution in [0.2, 0.25) is 10.0 Å². The number of carbonyl (C=O) groups excluding carboxylic acids is 2. The number of halogens is 2. The number of ether oxygens (including phenoxy) is 2. The normalized spacial score (nSPS) is 18.0. The number of benzene rings is 1. The lowest BCUT2D eigenvalue weighted by molar-refractivity contribution is -0.141. The number of methoxy groups -OCH3 is 1. The number of amides is 2. The van der Waals surface area contributed by atoms with E-state index in [9.17, 15) is 9.59 Å². The largest absolute Gasteiger partial charge is 0.460 e. The Morgan fingerprint density at radius 1 is 1.24 bits per heavy atom. The number of urea groups is 1. The molecule has 0 aliphatic carbocycles. The van der Waals surface area contributed by atoms with E-state index in [1.807, 2.05) is 0 Å². The van der Waals surface area contributed by atoms with E-state index < -0.39 is 12.0 Å². The second kappa shape index (κ2) is 8.08. The topological polar surface area (TPSA) is 59.1 Å². The fourth-order valence-corrected chi connectivity index (χ4v) is 3.22. The molecule has 1 aromatic carbocycles. The fraction of sp³-hybridized carbons (Fsp3) is 0.412. The van der Waals surface area contributed by atoms with Crippen LogP contribution in [0, 0.1) is 0 Å². The molecular formula is C17H20Cl2N2O4. The van der Waals surface area contributed by atoms with Crippen LogP contribution < -0.4 is 0 Å². The first-order valence-electron chi connectivity index (χ1n) is 7.61. The highest BCUT2D eigenvalue weighted by atomic mass is 35.5. The predicted octanol–water partition coefficient (Wildman–Crippen LogP) is 3.50. The summed E-state index contributed by atoms with van der Waals surface area (Å²) in [6, 6.07) is 4.05. The maximum atomic E-state index is 12.7. The molecule has 1 atom stereocenters. The number of esters is 1. The second-order valence-corrected chi connectivity index (χ2v) is 6.49. The van der Waals surface area contributed by atoms with Gasteiger partial charge >= 0.3 is 12.0 Å². The summed E-state index contributed by atoms with van der Waals surface area (Å²) in [5.41, 5.74) is 1.47. The highest BCUT2D eigenvalue weighted by Crippen LogP contribution is 2.39. The fourth-order valence-electron chi connectivity index (χ4n) is 2.70. The van der Waals surface area contributed by atoms with Crippen molar-refractivity contribution in [3.8, 4) is 0 Å². The van der Waals surface area contributed by atoms with Crippen LogP contribution in [0.4, 0.5) is 4.79 Å². The Labute approximate surface area is 156 Å². The zero-order chi connectivity index (χ0) is 18.7. The lowest BCUT2D eigenvalue weighted by atomic mass is 9.93. The monoisotopic (exact) mass is 386 g/mol. The van der Waals surface area contributed by atoms with Crippen LogP contribution >= 0.6 is 23.2 Å². The average Bonchev–Trinajstić information content (AvgIpc) is 2.57. The summed E-state index contributed by atoms with van der Waals surface area (Å²) < 4.78 is 10.2. The molecule has 1 aromatic rings. The number of nitrogens with zero attached hydrogens (tertiary/aromatic N) is 2. The van der Waals surface area contributed by atoms with E-state index >= 15 is 0 Å². The van der Waals surface area contributed by atoms with E-state index in [-0.39, 0.29) is 19.2 Å². The first kappa shape index (κ1) is 19.6. The van der Waals surface area contributed by atoms with E-state index in [1.54, 1.807) is 39.2 Å². The van der Waals surface area contributed by atoms with Gasteiger partial charge in [-0.1, -0.05) is 29.3 Å². The molecule has 0 spiro atoms. The Bertz CT molecular complexity index is 721. The highest BCUT2D eigenvalue weighted by Gasteiger charge is 2.40. The molecule has 2 rings (SSSR count). The quantitative estimate of drug-likeness (QED) is 0.573. The van der Waals surface area contributed by atoms with Crippen LogP contribution in [0.5, 0.6) is 0 Å². The van der Waals surface area contributed by atoms with Gasteiger partial charge in [0.25, 0.3) is 0 Å². The SMILES string of the molecule is COCCOC(=O)C1=C(C)N(C)C(=O)N(C)[C@H]1c1ccc(Cl)cc1Cl. The van der Waals surface area contributed by atoms with Gasteiger partial charge in [-0.05, 0) is 24.6 Å². The zero-order valence-corrected chi connectivity index (χ0v) is 16.0. The molecule has 1 heterocycles. The summed E-state index contributed by atoms with van der Waals surface area (Å²) in [5, 5.41) is 0.845. The molecule has 6 nitrogen and oxygen atoms in total. The van der Waals surface area contributed by atoms with E-state index in [1.165, 1.54) is 16.9 Å². The minimum Gasteiger partial charge on any atom is -0.460 e. The van der Waals surface area contributed by atoms with Crippen molar-refractivity contribution in [1.29, 1.82) is 0 Å². The molecule has 0 fully saturated rings. The summed E-state index contributed by atoms with van der Waals surface area (Å²) in [6.45, 7) is 2.11. The van der Waals surface area contributed by atoms with Gasteiger partial charge in [0.1, 0.15) is 6.61 Å². The Balaban J connectivity index is 2.51. The maximum Gasteiger partial charge on any atom is 0.338 e. The van der Waals surface area contributed by atoms with Gasteiger partial charge in [-0.25, -0.2) is 9.59 Å². The van der Waals surface area contributed by atoms with Gasteiger partial charge < -0.3 is 19.3 Å². The van der Waals surface area contributed by atoms with Crippen molar-refractivity contribution in [1.82, 2.24) is 9.80 Å². The molecule has 136 valence electrons. The van der Waals surface area contributed by atoms with E-state index in [4.69, 9.17) is 32.7 Å². The van der Waals surface area contributed by atoms with Crippen molar-refractivity contribution >= 4 is 35.2 Å². The van der Waals surface area contributed by atoms with Crippen LogP contribution in [0.25, 0.3) is 0 Å². The summed E-state index contributed by atoms with van der Waals surface area (Å²) in [7, 11) is 4.75. The first-order valence-corrected chi connectivity index (χ1v) is 8.37. The maximum absolute atomic E-state index is 12.7. The molecule has 0 bridgehead atoms. The van der Waals surface area contributed by atoms with Crippen LogP contribution in [0.15, 0.2) is 29.5 Å². The number of hydrogen-bond donors (Lipinski definition) is 0. The molecule has 1 aliphatic heterocycles. The molecule has 0 saturated heterocycles. The lowest BCUT2D eigenvalue weighted by Crippen LogP contribution is -2.47. The van der Waals surface area contributed by atoms with Gasteiger partial charge in [0.15, 0.2) is 0 Å². The third-order valence-electron chi connectivity index (χ3n) is 4.14. The van der Waals surface area contributed by atoms with Crippen molar-refractivity contribution < 1.29 is 19.1 Å². The van der Waals surface area contributed by atoms with Crippen molar-refractivity contribution in [2.45, 2.75) is 13.0 Å². The molecule has 0 saturated carbocycles. The Hall–Kier alpha value is -1.76. The van der Waals surface area contributed by atoms with Gasteiger partial charge in [-0.3, -0.25) is 0 Å². The number of likely N-dealkylation sites (N-methyl/N-ethyl adjacent to an activating group) is 1. The van der Waals surface area contributed by atoms with Gasteiger partial charge in [-0.15, -0.1) is 0 Å². The van der Waals surface area contributed by atoms with E-state index in [2.05, 4.69) is 0 Å². The lowest BCUT2D eigenvalue weighted by Gasteiger charge is -2.39. The molecular weight excluding hydrogens is 367 g/mol. The molecule has 0 unspecified atom stereocenters. The third-order valence-corrected chi connectivity index (χ3v) is 4.70. The van der Waals surface area contributed by atoms with Crippen molar-refractivity contribution in [2.75, 3.05) is 34.4 Å². The molecule has 0 aromatic heterocycles. The average molecular weight is 387 g/mol. The van der Waals surface area contributed by atoms with Crippen molar-refractivity contribution in [3.05, 3.63) is 45.1 Å². The predicted molar refractivity (Wildman–Crippen MR) is 95.7 cm³/mol. The molecule has 1 aliphatic rings. The van der Waals surface area contributed by atoms with Gasteiger partial charge in [-0.2, -0.15) is 0 Å². The van der Waals surface area contributed by atoms with Crippen LogP contribution in [0.3, 0.4) is 0 Å². The molecule has 0 radical (unpaired) electrons. The second-order valence-electron chi connectivity index (χ2n) is 5.65. The van der Waals surface area contributed by atoms with Crippen LogP contribution in [0.1, 0.15) is 18.5 Å². The summed E-state index contributed by atoms with van der Waals surface area (Å²) in [5.74, 6) is -0.517. The van der Waals surface area contributed by atoms with E-state index in [0.29, 0.717) is 26.9 Å². The van der Waals surface area contributed by atoms with Crippen LogP contribution in [-0.4, -0.2) is 56.2 Å². The van der Waals surface area contributed by atoms with Crippen LogP contribution in [-0.2, 0) is 14.3 Å². The van der Waals surface area contributed by atoms with Gasteiger partial charge in [0.2, 0.25) is 0 Å². The number of rotatable bonds is 5. The molecule has 0 N–H and O–H groups in total. The summed E-state index contributed by atoms with van der Waals surface area (Å²) in [6.07, 6.45) is 0. The number of hydrogen-bond acceptors (Lipinski definition) is 4. The standard InChI is InChI=1S/C17H20Cl2N2O4/c1-10-14(16(22)25-8-7-24-4)15(21(3)17(23)20(10)2)12-6-5-11(18)9-13(12)19/h5-6,9,15H,7-8H2,1-4H3/t15-/m0/s1. The summed E-state index contributed by atoms with van der Waals surface area (Å²) >= 11 is 12.3. The minimum absolute atomic E-state index is 0.120. The van der Waals surface area contributed by atoms with Crippen molar-refractivity contribution in [3.63, 3.8) is 0 Å². The van der Waals surface area contributed by atoms with Gasteiger partial charge in [0.05, 0.1) is 18.2 Å². The molecule has 25 heavy (non-hydrogen) atoms. The number of allylic oxidation sites excluding steroid dienone is 1. The zero-order valence-electron chi connectivity index (χ0n) is 14.5. The van der Waals surface area contributed by atoms with Gasteiger partial charge in [0, 0.05) is 36.9 Å². The third kappa shape index (κ3) is 3.92. The smallest absolute Gasteiger partial charge is 0.338 e. The minimum atomic E-state index is -0.663. The molecule has 2 amide bonds. The Morgan fingerprint density at radius 2 is 1.92 bits per heavy atom. The summed E-state index contributed by atoms with van der Waals surface area (Å²) in [4.78, 5) is 28.0. The first-order chi connectivity index (χ1) is 11.8. The Kier molecular flexibility index (Phi) is 6.32. The Morgan fingerprint density at radius 3 is 2.52 bits per heavy atom. The highest BCUT2D eigenvalue weighted by molar-refractivity contribution is 6.35. The van der Waals surface area contributed by atoms with Crippen molar-refractivity contribution in [2.24, 2.45) is 0 Å². The molecule has 8 heteroatoms. The van der Waals surface area contributed by atoms with E-state index in [0.717, 1.165) is 0 Å². The number of carbonyl (C=O) groups is 2.